The van der Waals surface area contributed by atoms with Gasteiger partial charge in [-0.25, -0.2) is 12.8 Å². The maximum Gasteiger partial charge on any atom is 0.253 e. The number of nitrogens with zero attached hydrogens (tertiary/aromatic N) is 2. The van der Waals surface area contributed by atoms with Gasteiger partial charge in [0.15, 0.2) is 0 Å². The zero-order valence-electron chi connectivity index (χ0n) is 15.3. The van der Waals surface area contributed by atoms with E-state index in [2.05, 4.69) is 0 Å². The maximum atomic E-state index is 13.0. The minimum absolute atomic E-state index is 0.0595. The third-order valence-corrected chi connectivity index (χ3v) is 6.83. The fourth-order valence-corrected chi connectivity index (χ4v) is 4.82. The van der Waals surface area contributed by atoms with Crippen LogP contribution in [-0.4, -0.2) is 56.9 Å². The van der Waals surface area contributed by atoms with Crippen LogP contribution in [0.3, 0.4) is 0 Å². The summed E-state index contributed by atoms with van der Waals surface area (Å²) in [5.74, 6) is -0.715. The summed E-state index contributed by atoms with van der Waals surface area (Å²) in [7, 11) is -2.24. The maximum absolute atomic E-state index is 13.0. The van der Waals surface area contributed by atoms with E-state index in [0.29, 0.717) is 13.2 Å². The lowest BCUT2D eigenvalue weighted by atomic mass is 10.1. The Morgan fingerprint density at radius 3 is 2.46 bits per heavy atom. The molecule has 1 saturated heterocycles. The number of benzene rings is 2. The average molecular weight is 427 g/mol. The van der Waals surface area contributed by atoms with E-state index in [1.165, 1.54) is 39.5 Å². The topological polar surface area (TPSA) is 66.9 Å². The molecule has 0 aromatic heterocycles. The summed E-state index contributed by atoms with van der Waals surface area (Å²) in [5.41, 5.74) is 0.966. The Hall–Kier alpha value is -2.00. The van der Waals surface area contributed by atoms with Gasteiger partial charge in [-0.05, 0) is 35.9 Å². The quantitative estimate of drug-likeness (QED) is 0.737. The second-order valence-corrected chi connectivity index (χ2v) is 8.76. The number of rotatable bonds is 5. The molecule has 9 heteroatoms. The standard InChI is InChI=1S/C19H20ClFN2O4S/c1-22(13-14-2-5-16(21)6-3-14)19(24)15-4-7-17(20)18(12-15)28(25,26)23-8-10-27-11-9-23/h2-7,12H,8-11,13H2,1H3. The molecule has 6 nitrogen and oxygen atoms in total. The highest BCUT2D eigenvalue weighted by molar-refractivity contribution is 7.89. The summed E-state index contributed by atoms with van der Waals surface area (Å²) in [6, 6.07) is 10.0. The van der Waals surface area contributed by atoms with E-state index >= 15 is 0 Å². The van der Waals surface area contributed by atoms with Crippen molar-refractivity contribution in [3.8, 4) is 0 Å². The first-order chi connectivity index (χ1) is 13.3. The van der Waals surface area contributed by atoms with Gasteiger partial charge in [-0.3, -0.25) is 4.79 Å². The van der Waals surface area contributed by atoms with Crippen LogP contribution in [-0.2, 0) is 21.3 Å². The van der Waals surface area contributed by atoms with Gasteiger partial charge in [-0.2, -0.15) is 4.31 Å². The van der Waals surface area contributed by atoms with Crippen LogP contribution in [0.25, 0.3) is 0 Å². The number of carbonyl (C=O) groups is 1. The molecule has 1 fully saturated rings. The minimum atomic E-state index is -3.83. The molecule has 0 N–H and O–H groups in total. The predicted octanol–water partition coefficient (Wildman–Crippen LogP) is 2.77. The van der Waals surface area contributed by atoms with Gasteiger partial charge >= 0.3 is 0 Å². The molecule has 1 aliphatic rings. The van der Waals surface area contributed by atoms with E-state index in [-0.39, 0.29) is 46.8 Å². The Labute approximate surface area is 168 Å². The largest absolute Gasteiger partial charge is 0.379 e. The van der Waals surface area contributed by atoms with Gasteiger partial charge in [-0.1, -0.05) is 23.7 Å². The number of morpholine rings is 1. The van der Waals surface area contributed by atoms with Gasteiger partial charge in [0, 0.05) is 32.2 Å². The highest BCUT2D eigenvalue weighted by atomic mass is 35.5. The van der Waals surface area contributed by atoms with Crippen molar-refractivity contribution in [3.63, 3.8) is 0 Å². The molecule has 1 aliphatic heterocycles. The Balaban J connectivity index is 1.83. The highest BCUT2D eigenvalue weighted by Gasteiger charge is 2.29. The van der Waals surface area contributed by atoms with Crippen LogP contribution in [0.15, 0.2) is 47.4 Å². The number of hydrogen-bond acceptors (Lipinski definition) is 4. The number of halogens is 2. The lowest BCUT2D eigenvalue weighted by molar-refractivity contribution is 0.0730. The normalized spacial score (nSPS) is 15.4. The van der Waals surface area contributed by atoms with E-state index in [4.69, 9.17) is 16.3 Å². The van der Waals surface area contributed by atoms with Crippen molar-refractivity contribution in [2.45, 2.75) is 11.4 Å². The first-order valence-electron chi connectivity index (χ1n) is 8.66. The van der Waals surface area contributed by atoms with E-state index < -0.39 is 10.0 Å². The Kier molecular flexibility index (Phi) is 6.34. The molecule has 0 spiro atoms. The molecule has 3 rings (SSSR count). The molecule has 2 aromatic rings. The molecule has 28 heavy (non-hydrogen) atoms. The third-order valence-electron chi connectivity index (χ3n) is 4.45. The molecule has 1 heterocycles. The van der Waals surface area contributed by atoms with E-state index in [0.717, 1.165) is 5.56 Å². The molecular weight excluding hydrogens is 407 g/mol. The number of carbonyl (C=O) groups excluding carboxylic acids is 1. The fourth-order valence-electron chi connectivity index (χ4n) is 2.92. The average Bonchev–Trinajstić information content (AvgIpc) is 2.70. The second-order valence-electron chi connectivity index (χ2n) is 6.45. The number of ether oxygens (including phenoxy) is 1. The van der Waals surface area contributed by atoms with E-state index in [1.54, 1.807) is 19.2 Å². The third kappa shape index (κ3) is 4.52. The van der Waals surface area contributed by atoms with Crippen LogP contribution in [0.5, 0.6) is 0 Å². The van der Waals surface area contributed by atoms with Gasteiger partial charge < -0.3 is 9.64 Å². The predicted molar refractivity (Wildman–Crippen MR) is 103 cm³/mol. The smallest absolute Gasteiger partial charge is 0.253 e. The molecule has 150 valence electrons. The van der Waals surface area contributed by atoms with Gasteiger partial charge in [0.1, 0.15) is 10.7 Å². The summed E-state index contributed by atoms with van der Waals surface area (Å²) < 4.78 is 45.3. The minimum Gasteiger partial charge on any atom is -0.379 e. The lowest BCUT2D eigenvalue weighted by Gasteiger charge is -2.26. The number of amides is 1. The Morgan fingerprint density at radius 1 is 1.18 bits per heavy atom. The van der Waals surface area contributed by atoms with Crippen molar-refractivity contribution >= 4 is 27.5 Å². The monoisotopic (exact) mass is 426 g/mol. The first-order valence-corrected chi connectivity index (χ1v) is 10.5. The zero-order valence-corrected chi connectivity index (χ0v) is 16.8. The van der Waals surface area contributed by atoms with E-state index in [9.17, 15) is 17.6 Å². The summed E-state index contributed by atoms with van der Waals surface area (Å²) in [4.78, 5) is 14.1. The lowest BCUT2D eigenvalue weighted by Crippen LogP contribution is -2.40. The van der Waals surface area contributed by atoms with Crippen LogP contribution in [0.4, 0.5) is 4.39 Å². The summed E-state index contributed by atoms with van der Waals surface area (Å²) in [6.45, 7) is 1.36. The van der Waals surface area contributed by atoms with Crippen molar-refractivity contribution in [3.05, 3.63) is 64.4 Å². The van der Waals surface area contributed by atoms with Crippen LogP contribution in [0.1, 0.15) is 15.9 Å². The Morgan fingerprint density at radius 2 is 1.82 bits per heavy atom. The van der Waals surface area contributed by atoms with Gasteiger partial charge in [0.25, 0.3) is 5.91 Å². The van der Waals surface area contributed by atoms with Crippen molar-refractivity contribution in [2.75, 3.05) is 33.4 Å². The number of sulfonamides is 1. The second kappa shape index (κ2) is 8.57. The van der Waals surface area contributed by atoms with Gasteiger partial charge in [0.05, 0.1) is 18.2 Å². The molecule has 0 radical (unpaired) electrons. The van der Waals surface area contributed by atoms with Crippen molar-refractivity contribution in [1.29, 1.82) is 0 Å². The molecule has 0 unspecified atom stereocenters. The van der Waals surface area contributed by atoms with Gasteiger partial charge in [-0.15, -0.1) is 0 Å². The van der Waals surface area contributed by atoms with Crippen molar-refractivity contribution in [2.24, 2.45) is 0 Å². The van der Waals surface area contributed by atoms with Crippen LogP contribution in [0.2, 0.25) is 5.02 Å². The first kappa shape index (κ1) is 20.7. The SMILES string of the molecule is CN(Cc1ccc(F)cc1)C(=O)c1ccc(Cl)c(S(=O)(=O)N2CCOCC2)c1. The molecule has 1 amide bonds. The Bertz CT molecular complexity index is 960. The summed E-state index contributed by atoms with van der Waals surface area (Å²) >= 11 is 6.13. The molecule has 0 aliphatic carbocycles. The van der Waals surface area contributed by atoms with Crippen LogP contribution in [0, 0.1) is 5.82 Å². The number of hydrogen-bond donors (Lipinski definition) is 0. The van der Waals surface area contributed by atoms with Crippen molar-refractivity contribution in [1.82, 2.24) is 9.21 Å². The van der Waals surface area contributed by atoms with Crippen molar-refractivity contribution < 1.29 is 22.3 Å². The molecule has 0 atom stereocenters. The van der Waals surface area contributed by atoms with Gasteiger partial charge in [0.2, 0.25) is 10.0 Å². The molecule has 2 aromatic carbocycles. The molecule has 0 saturated carbocycles. The highest BCUT2D eigenvalue weighted by Crippen LogP contribution is 2.27. The van der Waals surface area contributed by atoms with Crippen LogP contribution >= 0.6 is 11.6 Å². The fraction of sp³-hybridized carbons (Fsp3) is 0.316. The molecule has 0 bridgehead atoms. The summed E-state index contributed by atoms with van der Waals surface area (Å²) in [5, 5.41) is 0.0595. The van der Waals surface area contributed by atoms with E-state index in [1.807, 2.05) is 0 Å². The zero-order chi connectivity index (χ0) is 20.3. The summed E-state index contributed by atoms with van der Waals surface area (Å²) in [6.07, 6.45) is 0. The molecular formula is C19H20ClFN2O4S. The van der Waals surface area contributed by atoms with Crippen LogP contribution < -0.4 is 0 Å².